The molecule has 1 atom stereocenters. The molecule has 1 saturated heterocycles. The topological polar surface area (TPSA) is 72.9 Å². The molecule has 2 N–H and O–H groups in total. The zero-order valence-corrected chi connectivity index (χ0v) is 9.77. The fourth-order valence-electron chi connectivity index (χ4n) is 1.80. The molecule has 1 unspecified atom stereocenters. The van der Waals surface area contributed by atoms with E-state index in [-0.39, 0.29) is 5.91 Å². The number of hydrogen-bond acceptors (Lipinski definition) is 4. The number of rotatable bonds is 4. The Bertz CT molecular complexity index is 262. The first kappa shape index (κ1) is 12.9. The van der Waals surface area contributed by atoms with Crippen molar-refractivity contribution < 1.29 is 14.7 Å². The maximum atomic E-state index is 11.1. The minimum absolute atomic E-state index is 0.0862. The van der Waals surface area contributed by atoms with E-state index >= 15 is 0 Å². The van der Waals surface area contributed by atoms with Gasteiger partial charge in [0.2, 0.25) is 5.91 Å². The van der Waals surface area contributed by atoms with Gasteiger partial charge in [-0.3, -0.25) is 14.5 Å². The van der Waals surface area contributed by atoms with Gasteiger partial charge in [-0.15, -0.1) is 0 Å². The molecule has 1 fully saturated rings. The molecule has 1 aliphatic heterocycles. The molecule has 1 rings (SSSR count). The standard InChI is InChI=1S/C10H19N3O3/c1-8(14)13-5-3-12(4-6-13)7-9(11-2)10(15)16/h9,11H,3-7H2,1-2H3,(H,15,16). The number of nitrogens with zero attached hydrogens (tertiary/aromatic N) is 2. The summed E-state index contributed by atoms with van der Waals surface area (Å²) in [6.07, 6.45) is 0. The van der Waals surface area contributed by atoms with Crippen molar-refractivity contribution in [3.05, 3.63) is 0 Å². The molecule has 1 amide bonds. The number of carboxylic acid groups (broad SMARTS) is 1. The second-order valence-corrected chi connectivity index (χ2v) is 3.99. The van der Waals surface area contributed by atoms with Crippen LogP contribution in [0, 0.1) is 0 Å². The number of carbonyl (C=O) groups is 2. The summed E-state index contributed by atoms with van der Waals surface area (Å²) in [4.78, 5) is 25.8. The van der Waals surface area contributed by atoms with Gasteiger partial charge in [0.1, 0.15) is 6.04 Å². The van der Waals surface area contributed by atoms with Crippen LogP contribution < -0.4 is 5.32 Å². The van der Waals surface area contributed by atoms with E-state index in [4.69, 9.17) is 5.11 Å². The third-order valence-electron chi connectivity index (χ3n) is 2.90. The molecular formula is C10H19N3O3. The summed E-state index contributed by atoms with van der Waals surface area (Å²) >= 11 is 0. The number of carboxylic acids is 1. The molecule has 0 aliphatic carbocycles. The lowest BCUT2D eigenvalue weighted by Crippen LogP contribution is -2.52. The molecular weight excluding hydrogens is 210 g/mol. The average Bonchev–Trinajstić information content (AvgIpc) is 2.26. The number of amides is 1. The molecule has 16 heavy (non-hydrogen) atoms. The van der Waals surface area contributed by atoms with E-state index in [1.54, 1.807) is 18.9 Å². The van der Waals surface area contributed by atoms with E-state index in [0.717, 1.165) is 13.1 Å². The van der Waals surface area contributed by atoms with Crippen molar-refractivity contribution in [2.45, 2.75) is 13.0 Å². The zero-order chi connectivity index (χ0) is 12.1. The van der Waals surface area contributed by atoms with E-state index in [2.05, 4.69) is 10.2 Å². The van der Waals surface area contributed by atoms with Crippen LogP contribution in [0.5, 0.6) is 0 Å². The molecule has 0 aromatic rings. The third-order valence-corrected chi connectivity index (χ3v) is 2.90. The fraction of sp³-hybridized carbons (Fsp3) is 0.800. The van der Waals surface area contributed by atoms with E-state index in [1.165, 1.54) is 0 Å². The summed E-state index contributed by atoms with van der Waals surface area (Å²) in [5.74, 6) is -0.750. The van der Waals surface area contributed by atoms with Crippen LogP contribution in [-0.4, -0.2) is 72.6 Å². The van der Waals surface area contributed by atoms with Crippen molar-refractivity contribution in [2.75, 3.05) is 39.8 Å². The molecule has 0 bridgehead atoms. The second kappa shape index (κ2) is 5.81. The maximum absolute atomic E-state index is 11.1. The lowest BCUT2D eigenvalue weighted by molar-refractivity contribution is -0.140. The number of piperazine rings is 1. The van der Waals surface area contributed by atoms with Gasteiger partial charge in [0, 0.05) is 39.6 Å². The molecule has 92 valence electrons. The normalized spacial score (nSPS) is 19.5. The van der Waals surface area contributed by atoms with E-state index < -0.39 is 12.0 Å². The van der Waals surface area contributed by atoms with Gasteiger partial charge >= 0.3 is 5.97 Å². The van der Waals surface area contributed by atoms with E-state index in [1.807, 2.05) is 0 Å². The van der Waals surface area contributed by atoms with Gasteiger partial charge in [-0.2, -0.15) is 0 Å². The summed E-state index contributed by atoms with van der Waals surface area (Å²) in [6.45, 7) is 4.90. The Kier molecular flexibility index (Phi) is 4.70. The Hall–Kier alpha value is -1.14. The van der Waals surface area contributed by atoms with Crippen molar-refractivity contribution in [3.8, 4) is 0 Å². The van der Waals surface area contributed by atoms with Crippen molar-refractivity contribution in [1.82, 2.24) is 15.1 Å². The molecule has 1 heterocycles. The van der Waals surface area contributed by atoms with Crippen LogP contribution in [0.15, 0.2) is 0 Å². The SMILES string of the molecule is CNC(CN1CCN(C(C)=O)CC1)C(=O)O. The molecule has 0 radical (unpaired) electrons. The Morgan fingerprint density at radius 3 is 2.25 bits per heavy atom. The molecule has 0 spiro atoms. The van der Waals surface area contributed by atoms with Crippen molar-refractivity contribution in [2.24, 2.45) is 0 Å². The highest BCUT2D eigenvalue weighted by molar-refractivity contribution is 5.74. The number of aliphatic carboxylic acids is 1. The quantitative estimate of drug-likeness (QED) is 0.635. The highest BCUT2D eigenvalue weighted by Crippen LogP contribution is 2.03. The van der Waals surface area contributed by atoms with Gasteiger partial charge < -0.3 is 15.3 Å². The Balaban J connectivity index is 2.36. The molecule has 6 heteroatoms. The van der Waals surface area contributed by atoms with Crippen LogP contribution in [0.25, 0.3) is 0 Å². The van der Waals surface area contributed by atoms with E-state index in [0.29, 0.717) is 19.6 Å². The van der Waals surface area contributed by atoms with Gasteiger partial charge in [-0.25, -0.2) is 0 Å². The Morgan fingerprint density at radius 2 is 1.88 bits per heavy atom. The highest BCUT2D eigenvalue weighted by Gasteiger charge is 2.23. The molecule has 1 aliphatic rings. The number of hydrogen-bond donors (Lipinski definition) is 2. The summed E-state index contributed by atoms with van der Waals surface area (Å²) < 4.78 is 0. The van der Waals surface area contributed by atoms with Crippen LogP contribution in [0.3, 0.4) is 0 Å². The monoisotopic (exact) mass is 229 g/mol. The van der Waals surface area contributed by atoms with Crippen LogP contribution in [0.4, 0.5) is 0 Å². The lowest BCUT2D eigenvalue weighted by Gasteiger charge is -2.35. The molecule has 6 nitrogen and oxygen atoms in total. The first-order valence-corrected chi connectivity index (χ1v) is 5.42. The molecule has 0 aromatic heterocycles. The van der Waals surface area contributed by atoms with Crippen LogP contribution in [0.1, 0.15) is 6.92 Å². The Morgan fingerprint density at radius 1 is 1.31 bits per heavy atom. The minimum Gasteiger partial charge on any atom is -0.480 e. The average molecular weight is 229 g/mol. The van der Waals surface area contributed by atoms with Gasteiger partial charge in [0.15, 0.2) is 0 Å². The van der Waals surface area contributed by atoms with E-state index in [9.17, 15) is 9.59 Å². The Labute approximate surface area is 95.2 Å². The summed E-state index contributed by atoms with van der Waals surface area (Å²) in [5, 5.41) is 11.7. The molecule has 0 aromatic carbocycles. The summed E-state index contributed by atoms with van der Waals surface area (Å²) in [6, 6.07) is -0.538. The van der Waals surface area contributed by atoms with Crippen molar-refractivity contribution in [1.29, 1.82) is 0 Å². The van der Waals surface area contributed by atoms with Gasteiger partial charge in [-0.1, -0.05) is 0 Å². The lowest BCUT2D eigenvalue weighted by atomic mass is 10.2. The molecule has 0 saturated carbocycles. The van der Waals surface area contributed by atoms with Crippen LogP contribution >= 0.6 is 0 Å². The smallest absolute Gasteiger partial charge is 0.322 e. The van der Waals surface area contributed by atoms with Crippen molar-refractivity contribution in [3.63, 3.8) is 0 Å². The largest absolute Gasteiger partial charge is 0.480 e. The maximum Gasteiger partial charge on any atom is 0.322 e. The third kappa shape index (κ3) is 3.46. The zero-order valence-electron chi connectivity index (χ0n) is 9.77. The van der Waals surface area contributed by atoms with Gasteiger partial charge in [0.25, 0.3) is 0 Å². The number of nitrogens with one attached hydrogen (secondary N) is 1. The second-order valence-electron chi connectivity index (χ2n) is 3.99. The number of carbonyl (C=O) groups excluding carboxylic acids is 1. The summed E-state index contributed by atoms with van der Waals surface area (Å²) in [7, 11) is 1.64. The predicted molar refractivity (Wildman–Crippen MR) is 59.2 cm³/mol. The minimum atomic E-state index is -0.837. The predicted octanol–water partition coefficient (Wildman–Crippen LogP) is -1.18. The van der Waals surface area contributed by atoms with Gasteiger partial charge in [0.05, 0.1) is 0 Å². The van der Waals surface area contributed by atoms with Gasteiger partial charge in [-0.05, 0) is 7.05 Å². The summed E-state index contributed by atoms with van der Waals surface area (Å²) in [5.41, 5.74) is 0. The first-order chi connectivity index (χ1) is 7.54. The fourth-order valence-corrected chi connectivity index (χ4v) is 1.80. The van der Waals surface area contributed by atoms with Crippen molar-refractivity contribution >= 4 is 11.9 Å². The first-order valence-electron chi connectivity index (χ1n) is 5.42. The number of likely N-dealkylation sites (N-methyl/N-ethyl adjacent to an activating group) is 1. The van der Waals surface area contributed by atoms with Crippen LogP contribution in [-0.2, 0) is 9.59 Å². The van der Waals surface area contributed by atoms with Crippen LogP contribution in [0.2, 0.25) is 0 Å². The highest BCUT2D eigenvalue weighted by atomic mass is 16.4.